The second-order valence-corrected chi connectivity index (χ2v) is 6.09. The summed E-state index contributed by atoms with van der Waals surface area (Å²) in [6, 6.07) is 5.98. The zero-order chi connectivity index (χ0) is 15.8. The van der Waals surface area contributed by atoms with Gasteiger partial charge in [0, 0.05) is 30.7 Å². The number of halogens is 1. The zero-order valence-corrected chi connectivity index (χ0v) is 13.3. The summed E-state index contributed by atoms with van der Waals surface area (Å²) >= 11 is 1.75. The quantitative estimate of drug-likeness (QED) is 0.758. The van der Waals surface area contributed by atoms with E-state index in [9.17, 15) is 9.18 Å². The molecule has 4 nitrogen and oxygen atoms in total. The molecule has 0 radical (unpaired) electrons. The van der Waals surface area contributed by atoms with Gasteiger partial charge in [0.15, 0.2) is 0 Å². The van der Waals surface area contributed by atoms with Crippen molar-refractivity contribution < 1.29 is 13.6 Å². The van der Waals surface area contributed by atoms with Crippen LogP contribution in [0.2, 0.25) is 0 Å². The van der Waals surface area contributed by atoms with Crippen molar-refractivity contribution in [1.29, 1.82) is 0 Å². The Morgan fingerprint density at radius 1 is 1.36 bits per heavy atom. The lowest BCUT2D eigenvalue weighted by atomic mass is 10.2. The molecule has 0 atom stereocenters. The Balaban J connectivity index is 1.78. The molecule has 22 heavy (non-hydrogen) atoms. The summed E-state index contributed by atoms with van der Waals surface area (Å²) in [5, 5.41) is 2.86. The summed E-state index contributed by atoms with van der Waals surface area (Å²) in [7, 11) is 0. The van der Waals surface area contributed by atoms with Crippen molar-refractivity contribution in [2.24, 2.45) is 0 Å². The van der Waals surface area contributed by atoms with E-state index in [-0.39, 0.29) is 11.7 Å². The molecule has 0 spiro atoms. The number of hydrogen-bond donors (Lipinski definition) is 1. The van der Waals surface area contributed by atoms with Crippen LogP contribution in [0.3, 0.4) is 0 Å². The Labute approximate surface area is 133 Å². The average Bonchev–Trinajstić information content (AvgIpc) is 2.97. The van der Waals surface area contributed by atoms with E-state index in [1.54, 1.807) is 30.2 Å². The second kappa shape index (κ2) is 8.58. The molecule has 0 fully saturated rings. The van der Waals surface area contributed by atoms with Gasteiger partial charge < -0.3 is 9.73 Å². The van der Waals surface area contributed by atoms with Crippen LogP contribution in [0.5, 0.6) is 0 Å². The molecule has 0 aliphatic carbocycles. The Hall–Kier alpha value is -1.82. The van der Waals surface area contributed by atoms with Crippen molar-refractivity contribution in [3.63, 3.8) is 0 Å². The van der Waals surface area contributed by atoms with Gasteiger partial charge in [-0.15, -0.1) is 0 Å². The first-order valence-corrected chi connectivity index (χ1v) is 8.39. The van der Waals surface area contributed by atoms with E-state index in [1.165, 1.54) is 12.1 Å². The van der Waals surface area contributed by atoms with Crippen LogP contribution >= 0.6 is 11.8 Å². The van der Waals surface area contributed by atoms with E-state index < -0.39 is 0 Å². The van der Waals surface area contributed by atoms with E-state index in [1.807, 2.05) is 0 Å². The van der Waals surface area contributed by atoms with Crippen molar-refractivity contribution in [3.8, 4) is 11.5 Å². The minimum absolute atomic E-state index is 0.0585. The molecule has 0 saturated carbocycles. The molecule has 2 rings (SSSR count). The number of benzene rings is 1. The molecular weight excluding hydrogens is 303 g/mol. The number of carbonyl (C=O) groups excluding carboxylic acids is 1. The molecule has 0 aliphatic rings. The predicted octanol–water partition coefficient (Wildman–Crippen LogP) is 3.28. The van der Waals surface area contributed by atoms with Crippen LogP contribution < -0.4 is 5.32 Å². The summed E-state index contributed by atoms with van der Waals surface area (Å²) in [4.78, 5) is 15.9. The van der Waals surface area contributed by atoms with Crippen LogP contribution in [-0.2, 0) is 11.2 Å². The highest BCUT2D eigenvalue weighted by Gasteiger charge is 2.07. The van der Waals surface area contributed by atoms with E-state index in [2.05, 4.69) is 17.2 Å². The van der Waals surface area contributed by atoms with E-state index in [0.29, 0.717) is 25.3 Å². The first kappa shape index (κ1) is 16.5. The van der Waals surface area contributed by atoms with Gasteiger partial charge in [-0.2, -0.15) is 11.8 Å². The molecule has 6 heteroatoms. The number of aromatic nitrogens is 1. The first-order chi connectivity index (χ1) is 10.7. The van der Waals surface area contributed by atoms with Gasteiger partial charge in [-0.25, -0.2) is 9.37 Å². The lowest BCUT2D eigenvalue weighted by Crippen LogP contribution is -2.25. The Bertz CT molecular complexity index is 598. The third-order valence-corrected chi connectivity index (χ3v) is 3.92. The number of rotatable bonds is 8. The summed E-state index contributed by atoms with van der Waals surface area (Å²) in [5.41, 5.74) is 1.50. The van der Waals surface area contributed by atoms with Crippen molar-refractivity contribution in [1.82, 2.24) is 10.3 Å². The van der Waals surface area contributed by atoms with Gasteiger partial charge in [-0.05, 0) is 30.0 Å². The molecule has 1 N–H and O–H groups in total. The molecule has 118 valence electrons. The largest absolute Gasteiger partial charge is 0.444 e. The summed E-state index contributed by atoms with van der Waals surface area (Å²) in [6.07, 6.45) is 2.72. The smallest absolute Gasteiger partial charge is 0.226 e. The zero-order valence-electron chi connectivity index (χ0n) is 12.5. The van der Waals surface area contributed by atoms with Gasteiger partial charge in [-0.1, -0.05) is 6.92 Å². The summed E-state index contributed by atoms with van der Waals surface area (Å²) < 4.78 is 18.2. The minimum Gasteiger partial charge on any atom is -0.444 e. The average molecular weight is 322 g/mol. The number of carbonyl (C=O) groups is 1. The number of nitrogens with one attached hydrogen (secondary N) is 1. The van der Waals surface area contributed by atoms with Gasteiger partial charge in [-0.3, -0.25) is 4.79 Å². The van der Waals surface area contributed by atoms with Crippen LogP contribution in [0.25, 0.3) is 11.5 Å². The lowest BCUT2D eigenvalue weighted by Gasteiger charge is -2.02. The molecule has 1 amide bonds. The monoisotopic (exact) mass is 322 g/mol. The van der Waals surface area contributed by atoms with Crippen LogP contribution in [0.4, 0.5) is 4.39 Å². The topological polar surface area (TPSA) is 55.1 Å². The van der Waals surface area contributed by atoms with E-state index in [4.69, 9.17) is 4.42 Å². The lowest BCUT2D eigenvalue weighted by molar-refractivity contribution is -0.120. The number of nitrogens with zero attached hydrogens (tertiary/aromatic N) is 1. The highest BCUT2D eigenvalue weighted by Crippen LogP contribution is 2.18. The Morgan fingerprint density at radius 3 is 2.86 bits per heavy atom. The van der Waals surface area contributed by atoms with Gasteiger partial charge in [0.2, 0.25) is 11.8 Å². The molecular formula is C16H19FN2O2S. The standard InChI is InChI=1S/C16H19FN2O2S/c1-2-22-10-8-15(20)18-9-7-14-11-21-16(19-14)12-3-5-13(17)6-4-12/h3-6,11H,2,7-10H2,1H3,(H,18,20). The number of amides is 1. The highest BCUT2D eigenvalue weighted by molar-refractivity contribution is 7.99. The molecule has 1 aromatic heterocycles. The molecule has 0 unspecified atom stereocenters. The van der Waals surface area contributed by atoms with Crippen LogP contribution in [0.1, 0.15) is 19.0 Å². The molecule has 1 aromatic carbocycles. The number of thioether (sulfide) groups is 1. The first-order valence-electron chi connectivity index (χ1n) is 7.24. The predicted molar refractivity (Wildman–Crippen MR) is 86.2 cm³/mol. The third-order valence-electron chi connectivity index (χ3n) is 3.02. The van der Waals surface area contributed by atoms with Gasteiger partial charge in [0.1, 0.15) is 12.1 Å². The van der Waals surface area contributed by atoms with E-state index in [0.717, 1.165) is 22.8 Å². The number of oxazole rings is 1. The SMILES string of the molecule is CCSCCC(=O)NCCc1coc(-c2ccc(F)cc2)n1. The van der Waals surface area contributed by atoms with Gasteiger partial charge in [0.25, 0.3) is 0 Å². The fraction of sp³-hybridized carbons (Fsp3) is 0.375. The van der Waals surface area contributed by atoms with Crippen molar-refractivity contribution in [2.75, 3.05) is 18.1 Å². The van der Waals surface area contributed by atoms with Gasteiger partial charge >= 0.3 is 0 Å². The fourth-order valence-electron chi connectivity index (χ4n) is 1.87. The van der Waals surface area contributed by atoms with E-state index >= 15 is 0 Å². The maximum absolute atomic E-state index is 12.9. The van der Waals surface area contributed by atoms with Gasteiger partial charge in [0.05, 0.1) is 5.69 Å². The van der Waals surface area contributed by atoms with Crippen LogP contribution in [0, 0.1) is 5.82 Å². The second-order valence-electron chi connectivity index (χ2n) is 4.70. The van der Waals surface area contributed by atoms with Crippen LogP contribution in [-0.4, -0.2) is 28.9 Å². The molecule has 2 aromatic rings. The summed E-state index contributed by atoms with van der Waals surface area (Å²) in [6.45, 7) is 2.61. The minimum atomic E-state index is -0.292. The van der Waals surface area contributed by atoms with Crippen molar-refractivity contribution in [2.45, 2.75) is 19.8 Å². The normalized spacial score (nSPS) is 10.6. The fourth-order valence-corrected chi connectivity index (χ4v) is 2.49. The van der Waals surface area contributed by atoms with Crippen molar-refractivity contribution in [3.05, 3.63) is 42.0 Å². The van der Waals surface area contributed by atoms with Crippen molar-refractivity contribution >= 4 is 17.7 Å². The molecule has 0 bridgehead atoms. The highest BCUT2D eigenvalue weighted by atomic mass is 32.2. The molecule has 0 saturated heterocycles. The third kappa shape index (κ3) is 5.18. The maximum atomic E-state index is 12.9. The Morgan fingerprint density at radius 2 is 2.14 bits per heavy atom. The van der Waals surface area contributed by atoms with Crippen LogP contribution in [0.15, 0.2) is 34.9 Å². The number of hydrogen-bond acceptors (Lipinski definition) is 4. The molecule has 1 heterocycles. The summed E-state index contributed by atoms with van der Waals surface area (Å²) in [5.74, 6) is 2.10. The Kier molecular flexibility index (Phi) is 6.45. The molecule has 0 aliphatic heterocycles. The maximum Gasteiger partial charge on any atom is 0.226 e.